The van der Waals surface area contributed by atoms with Gasteiger partial charge < -0.3 is 5.32 Å². The van der Waals surface area contributed by atoms with Gasteiger partial charge in [0.1, 0.15) is 0 Å². The number of sulfonamides is 1. The first-order valence-electron chi connectivity index (χ1n) is 10.6. The number of carbonyl (C=O) groups excluding carboxylic acids is 1. The van der Waals surface area contributed by atoms with Crippen LogP contribution in [0.3, 0.4) is 0 Å². The van der Waals surface area contributed by atoms with Gasteiger partial charge in [-0.15, -0.1) is 0 Å². The maximum atomic E-state index is 12.7. The number of hydrogen-bond acceptors (Lipinski definition) is 4. The van der Waals surface area contributed by atoms with E-state index < -0.39 is 10.0 Å². The third-order valence-electron chi connectivity index (χ3n) is 5.88. The number of amides is 1. The number of nitrogens with zero attached hydrogens (tertiary/aromatic N) is 1. The van der Waals surface area contributed by atoms with Crippen LogP contribution in [-0.2, 0) is 16.6 Å². The molecule has 4 rings (SSSR count). The molecule has 2 aliphatic rings. The Hall–Kier alpha value is -2.22. The van der Waals surface area contributed by atoms with Crippen LogP contribution in [0.1, 0.15) is 47.2 Å². The van der Waals surface area contributed by atoms with Crippen LogP contribution >= 0.6 is 0 Å². The lowest BCUT2D eigenvalue weighted by molar-refractivity contribution is 0.0908. The molecule has 0 aromatic heterocycles. The van der Waals surface area contributed by atoms with Crippen molar-refractivity contribution in [3.8, 4) is 0 Å². The summed E-state index contributed by atoms with van der Waals surface area (Å²) in [6.07, 6.45) is 3.53. The van der Waals surface area contributed by atoms with E-state index in [-0.39, 0.29) is 22.9 Å². The summed E-state index contributed by atoms with van der Waals surface area (Å²) < 4.78 is 27.5. The van der Waals surface area contributed by atoms with E-state index in [1.54, 1.807) is 12.1 Å². The Morgan fingerprint density at radius 2 is 1.73 bits per heavy atom. The first-order valence-corrected chi connectivity index (χ1v) is 12.1. The summed E-state index contributed by atoms with van der Waals surface area (Å²) in [5.74, 6) is -0.212. The highest BCUT2D eigenvalue weighted by molar-refractivity contribution is 7.89. The van der Waals surface area contributed by atoms with E-state index in [1.807, 2.05) is 0 Å². The zero-order chi connectivity index (χ0) is 21.1. The first kappa shape index (κ1) is 21.0. The Kier molecular flexibility index (Phi) is 6.22. The Morgan fingerprint density at radius 3 is 2.43 bits per heavy atom. The summed E-state index contributed by atoms with van der Waals surface area (Å²) in [6.45, 7) is 4.93. The number of carbonyl (C=O) groups is 1. The summed E-state index contributed by atoms with van der Waals surface area (Å²) in [5.41, 5.74) is 3.03. The minimum Gasteiger partial charge on any atom is -0.349 e. The predicted octanol–water partition coefficient (Wildman–Crippen LogP) is 2.83. The summed E-state index contributed by atoms with van der Waals surface area (Å²) in [6, 6.07) is 14.9. The number of hydrogen-bond donors (Lipinski definition) is 2. The second-order valence-corrected chi connectivity index (χ2v) is 10.1. The molecule has 6 nitrogen and oxygen atoms in total. The minimum atomic E-state index is -3.56. The van der Waals surface area contributed by atoms with Gasteiger partial charge in [-0.05, 0) is 61.9 Å². The fraction of sp³-hybridized carbons (Fsp3) is 0.435. The van der Waals surface area contributed by atoms with Crippen molar-refractivity contribution in [2.75, 3.05) is 13.1 Å². The first-order chi connectivity index (χ1) is 14.4. The lowest BCUT2D eigenvalue weighted by Gasteiger charge is -2.32. The molecule has 0 spiro atoms. The number of piperidine rings is 1. The summed E-state index contributed by atoms with van der Waals surface area (Å²) in [5, 5.41) is 3.08. The zero-order valence-electron chi connectivity index (χ0n) is 17.3. The number of rotatable bonds is 7. The van der Waals surface area contributed by atoms with Crippen LogP contribution in [0.5, 0.6) is 0 Å². The molecule has 1 saturated carbocycles. The molecule has 1 heterocycles. The van der Waals surface area contributed by atoms with Crippen molar-refractivity contribution in [1.29, 1.82) is 0 Å². The topological polar surface area (TPSA) is 78.5 Å². The van der Waals surface area contributed by atoms with Gasteiger partial charge in [-0.1, -0.05) is 30.3 Å². The third kappa shape index (κ3) is 5.28. The van der Waals surface area contributed by atoms with E-state index in [0.29, 0.717) is 5.56 Å². The molecule has 2 aromatic rings. The van der Waals surface area contributed by atoms with Gasteiger partial charge in [-0.2, -0.15) is 0 Å². The van der Waals surface area contributed by atoms with Gasteiger partial charge in [0, 0.05) is 37.3 Å². The molecule has 1 aliphatic heterocycles. The normalized spacial score (nSPS) is 18.3. The molecule has 2 N–H and O–H groups in total. The molecule has 1 saturated heterocycles. The van der Waals surface area contributed by atoms with E-state index in [4.69, 9.17) is 0 Å². The molecule has 0 radical (unpaired) electrons. The van der Waals surface area contributed by atoms with Crippen LogP contribution in [0.15, 0.2) is 53.4 Å². The maximum absolute atomic E-state index is 12.7. The standard InChI is InChI=1S/C23H29N3O3S/c1-17-5-2-3-6-19(17)16-26-13-11-20(12-14-26)24-23(27)18-7-4-8-22(15-18)30(28,29)25-21-9-10-21/h2-8,15,20-21,25H,9-14,16H2,1H3,(H,24,27). The number of nitrogens with one attached hydrogen (secondary N) is 2. The van der Waals surface area contributed by atoms with Crippen molar-refractivity contribution in [2.45, 2.75) is 56.1 Å². The summed E-state index contributed by atoms with van der Waals surface area (Å²) in [7, 11) is -3.56. The molecule has 160 valence electrons. The quantitative estimate of drug-likeness (QED) is 0.712. The molecular formula is C23H29N3O3S. The molecule has 1 amide bonds. The third-order valence-corrected chi connectivity index (χ3v) is 7.40. The van der Waals surface area contributed by atoms with Crippen molar-refractivity contribution >= 4 is 15.9 Å². The van der Waals surface area contributed by atoms with Crippen LogP contribution in [0.4, 0.5) is 0 Å². The average molecular weight is 428 g/mol. The van der Waals surface area contributed by atoms with Crippen LogP contribution in [0.25, 0.3) is 0 Å². The van der Waals surface area contributed by atoms with Crippen molar-refractivity contribution in [2.24, 2.45) is 0 Å². The van der Waals surface area contributed by atoms with Gasteiger partial charge in [0.15, 0.2) is 0 Å². The second kappa shape index (κ2) is 8.88. The number of likely N-dealkylation sites (tertiary alicyclic amines) is 1. The predicted molar refractivity (Wildman–Crippen MR) is 117 cm³/mol. The van der Waals surface area contributed by atoms with Gasteiger partial charge in [0.25, 0.3) is 5.91 Å². The van der Waals surface area contributed by atoms with E-state index in [9.17, 15) is 13.2 Å². The monoisotopic (exact) mass is 427 g/mol. The van der Waals surface area contributed by atoms with Gasteiger partial charge in [-0.25, -0.2) is 13.1 Å². The molecule has 2 fully saturated rings. The van der Waals surface area contributed by atoms with Gasteiger partial charge in [0.2, 0.25) is 10.0 Å². The highest BCUT2D eigenvalue weighted by atomic mass is 32.2. The second-order valence-electron chi connectivity index (χ2n) is 8.37. The number of benzene rings is 2. The van der Waals surface area contributed by atoms with Crippen LogP contribution in [0.2, 0.25) is 0 Å². The molecule has 30 heavy (non-hydrogen) atoms. The van der Waals surface area contributed by atoms with E-state index in [0.717, 1.165) is 45.3 Å². The molecular weight excluding hydrogens is 398 g/mol. The molecule has 7 heteroatoms. The highest BCUT2D eigenvalue weighted by Crippen LogP contribution is 2.23. The van der Waals surface area contributed by atoms with Crippen molar-refractivity contribution < 1.29 is 13.2 Å². The Labute approximate surface area is 178 Å². The highest BCUT2D eigenvalue weighted by Gasteiger charge is 2.28. The lowest BCUT2D eigenvalue weighted by atomic mass is 10.0. The fourth-order valence-corrected chi connectivity index (χ4v) is 5.18. The average Bonchev–Trinajstić information content (AvgIpc) is 3.54. The lowest BCUT2D eigenvalue weighted by Crippen LogP contribution is -2.44. The Balaban J connectivity index is 1.32. The number of aryl methyl sites for hydroxylation is 1. The smallest absolute Gasteiger partial charge is 0.251 e. The molecule has 1 aliphatic carbocycles. The van der Waals surface area contributed by atoms with Crippen molar-refractivity contribution in [3.05, 3.63) is 65.2 Å². The zero-order valence-corrected chi connectivity index (χ0v) is 18.1. The molecule has 0 bridgehead atoms. The van der Waals surface area contributed by atoms with Gasteiger partial charge in [0.05, 0.1) is 4.90 Å². The van der Waals surface area contributed by atoms with Crippen LogP contribution in [0, 0.1) is 6.92 Å². The van der Waals surface area contributed by atoms with Gasteiger partial charge >= 0.3 is 0 Å². The largest absolute Gasteiger partial charge is 0.349 e. The minimum absolute atomic E-state index is 0.0392. The van der Waals surface area contributed by atoms with Crippen molar-refractivity contribution in [1.82, 2.24) is 14.9 Å². The molecule has 0 atom stereocenters. The fourth-order valence-electron chi connectivity index (χ4n) is 3.83. The van der Waals surface area contributed by atoms with Crippen molar-refractivity contribution in [3.63, 3.8) is 0 Å². The van der Waals surface area contributed by atoms with Crippen LogP contribution in [-0.4, -0.2) is 44.4 Å². The Bertz CT molecular complexity index is 1010. The maximum Gasteiger partial charge on any atom is 0.251 e. The molecule has 2 aromatic carbocycles. The van der Waals surface area contributed by atoms with Gasteiger partial charge in [-0.3, -0.25) is 9.69 Å². The van der Waals surface area contributed by atoms with E-state index in [1.165, 1.54) is 23.3 Å². The Morgan fingerprint density at radius 1 is 1.00 bits per heavy atom. The molecule has 0 unspecified atom stereocenters. The SMILES string of the molecule is Cc1ccccc1CN1CCC(NC(=O)c2cccc(S(=O)(=O)NC3CC3)c2)CC1. The van der Waals surface area contributed by atoms with E-state index in [2.05, 4.69) is 46.1 Å². The van der Waals surface area contributed by atoms with E-state index >= 15 is 0 Å². The summed E-state index contributed by atoms with van der Waals surface area (Å²) >= 11 is 0. The van der Waals surface area contributed by atoms with Crippen LogP contribution < -0.4 is 10.0 Å². The summed E-state index contributed by atoms with van der Waals surface area (Å²) in [4.78, 5) is 15.3.